The maximum absolute atomic E-state index is 12.2. The fraction of sp³-hybridized carbons (Fsp3) is 0.538. The normalized spacial score (nSPS) is 19.9. The Balaban J connectivity index is 2.20. The number of aliphatic hydroxyl groups is 1. The van der Waals surface area contributed by atoms with Gasteiger partial charge < -0.3 is 20.5 Å². The molecular weight excluding hydrogens is 273 g/mol. The molecular formula is C13H17F3N2O2. The van der Waals surface area contributed by atoms with Gasteiger partial charge in [0.05, 0.1) is 11.3 Å². The van der Waals surface area contributed by atoms with Crippen LogP contribution < -0.4 is 10.5 Å². The molecule has 1 aromatic carbocycles. The molecule has 1 fully saturated rings. The van der Waals surface area contributed by atoms with Crippen molar-refractivity contribution in [1.29, 1.82) is 0 Å². The van der Waals surface area contributed by atoms with Gasteiger partial charge >= 0.3 is 6.36 Å². The Morgan fingerprint density at radius 3 is 2.40 bits per heavy atom. The summed E-state index contributed by atoms with van der Waals surface area (Å²) in [5.41, 5.74) is 4.92. The van der Waals surface area contributed by atoms with Crippen LogP contribution in [0.4, 0.5) is 18.9 Å². The minimum Gasteiger partial charge on any atom is -0.404 e. The van der Waals surface area contributed by atoms with E-state index in [4.69, 9.17) is 5.73 Å². The van der Waals surface area contributed by atoms with E-state index in [1.54, 1.807) is 0 Å². The predicted molar refractivity (Wildman–Crippen MR) is 68.2 cm³/mol. The lowest BCUT2D eigenvalue weighted by atomic mass is 9.84. The second kappa shape index (κ2) is 5.14. The van der Waals surface area contributed by atoms with Gasteiger partial charge in [-0.1, -0.05) is 6.07 Å². The SMILES string of the molecule is CN1CCC(O)(c2ccc(OC(F)(F)F)c(N)c2)CC1. The van der Waals surface area contributed by atoms with Crippen LogP contribution in [0.2, 0.25) is 0 Å². The average Bonchev–Trinajstić information content (AvgIpc) is 2.34. The lowest BCUT2D eigenvalue weighted by molar-refractivity contribution is -0.274. The van der Waals surface area contributed by atoms with Crippen molar-refractivity contribution in [3.05, 3.63) is 23.8 Å². The Labute approximate surface area is 114 Å². The van der Waals surface area contributed by atoms with Crippen molar-refractivity contribution in [3.8, 4) is 5.75 Å². The fourth-order valence-corrected chi connectivity index (χ4v) is 2.33. The third-order valence-electron chi connectivity index (χ3n) is 3.59. The van der Waals surface area contributed by atoms with Crippen LogP contribution >= 0.6 is 0 Å². The maximum atomic E-state index is 12.2. The summed E-state index contributed by atoms with van der Waals surface area (Å²) in [6, 6.07) is 3.93. The second-order valence-electron chi connectivity index (χ2n) is 5.14. The van der Waals surface area contributed by atoms with Crippen molar-refractivity contribution >= 4 is 5.69 Å². The van der Waals surface area contributed by atoms with Gasteiger partial charge in [-0.3, -0.25) is 0 Å². The highest BCUT2D eigenvalue weighted by Crippen LogP contribution is 2.36. The molecule has 0 aliphatic carbocycles. The van der Waals surface area contributed by atoms with E-state index in [2.05, 4.69) is 9.64 Å². The highest BCUT2D eigenvalue weighted by Gasteiger charge is 2.35. The lowest BCUT2D eigenvalue weighted by Crippen LogP contribution is -2.40. The molecule has 4 nitrogen and oxygen atoms in total. The smallest absolute Gasteiger partial charge is 0.404 e. The molecule has 7 heteroatoms. The highest BCUT2D eigenvalue weighted by atomic mass is 19.4. The van der Waals surface area contributed by atoms with E-state index in [0.29, 0.717) is 18.4 Å². The number of nitrogens with zero attached hydrogens (tertiary/aromatic N) is 1. The number of anilines is 1. The first-order valence-corrected chi connectivity index (χ1v) is 6.26. The Hall–Kier alpha value is -1.47. The number of piperidine rings is 1. The molecule has 112 valence electrons. The van der Waals surface area contributed by atoms with E-state index >= 15 is 0 Å². The average molecular weight is 290 g/mol. The van der Waals surface area contributed by atoms with Gasteiger partial charge in [-0.15, -0.1) is 13.2 Å². The minimum absolute atomic E-state index is 0.132. The predicted octanol–water partition coefficient (Wildman–Crippen LogP) is 2.08. The summed E-state index contributed by atoms with van der Waals surface area (Å²) < 4.78 is 40.3. The van der Waals surface area contributed by atoms with Crippen molar-refractivity contribution in [2.75, 3.05) is 25.9 Å². The van der Waals surface area contributed by atoms with Crippen LogP contribution in [0.5, 0.6) is 5.75 Å². The van der Waals surface area contributed by atoms with Crippen LogP contribution in [0, 0.1) is 0 Å². The quantitative estimate of drug-likeness (QED) is 0.819. The van der Waals surface area contributed by atoms with Gasteiger partial charge in [0.2, 0.25) is 0 Å². The van der Waals surface area contributed by atoms with Crippen LogP contribution in [0.3, 0.4) is 0 Å². The van der Waals surface area contributed by atoms with Gasteiger partial charge in [0.1, 0.15) is 0 Å². The summed E-state index contributed by atoms with van der Waals surface area (Å²) in [5, 5.41) is 10.6. The van der Waals surface area contributed by atoms with Gasteiger partial charge in [0.25, 0.3) is 0 Å². The Kier molecular flexibility index (Phi) is 3.84. The van der Waals surface area contributed by atoms with Crippen LogP contribution in [0.25, 0.3) is 0 Å². The zero-order valence-corrected chi connectivity index (χ0v) is 11.1. The summed E-state index contributed by atoms with van der Waals surface area (Å²) in [5.74, 6) is -0.447. The van der Waals surface area contributed by atoms with Crippen LogP contribution in [0.1, 0.15) is 18.4 Å². The first-order valence-electron chi connectivity index (χ1n) is 6.26. The molecule has 0 spiro atoms. The van der Waals surface area contributed by atoms with E-state index in [9.17, 15) is 18.3 Å². The Morgan fingerprint density at radius 1 is 1.30 bits per heavy atom. The van der Waals surface area contributed by atoms with E-state index in [-0.39, 0.29) is 5.69 Å². The molecule has 1 aliphatic heterocycles. The van der Waals surface area contributed by atoms with Crippen molar-refractivity contribution < 1.29 is 23.0 Å². The number of benzene rings is 1. The minimum atomic E-state index is -4.78. The number of rotatable bonds is 2. The second-order valence-corrected chi connectivity index (χ2v) is 5.14. The summed E-state index contributed by atoms with van der Waals surface area (Å²) in [6.45, 7) is 1.44. The molecule has 3 N–H and O–H groups in total. The van der Waals surface area contributed by atoms with E-state index in [0.717, 1.165) is 19.2 Å². The number of alkyl halides is 3. The van der Waals surface area contributed by atoms with Gasteiger partial charge in [0, 0.05) is 13.1 Å². The molecule has 0 amide bonds. The van der Waals surface area contributed by atoms with Crippen molar-refractivity contribution in [2.24, 2.45) is 0 Å². The highest BCUT2D eigenvalue weighted by molar-refractivity contribution is 5.55. The van der Waals surface area contributed by atoms with Gasteiger partial charge in [0.15, 0.2) is 5.75 Å². The Bertz CT molecular complexity index is 483. The molecule has 1 heterocycles. The van der Waals surface area contributed by atoms with Crippen molar-refractivity contribution in [1.82, 2.24) is 4.90 Å². The topological polar surface area (TPSA) is 58.7 Å². The van der Waals surface area contributed by atoms with Gasteiger partial charge in [-0.05, 0) is 37.6 Å². The number of likely N-dealkylation sites (tertiary alicyclic amines) is 1. The number of hydrogen-bond acceptors (Lipinski definition) is 4. The van der Waals surface area contributed by atoms with Gasteiger partial charge in [-0.2, -0.15) is 0 Å². The monoisotopic (exact) mass is 290 g/mol. The summed E-state index contributed by atoms with van der Waals surface area (Å²) in [7, 11) is 1.95. The first kappa shape index (κ1) is 14.9. The molecule has 1 saturated heterocycles. The van der Waals surface area contributed by atoms with E-state index < -0.39 is 17.7 Å². The molecule has 0 saturated carbocycles. The summed E-state index contributed by atoms with van der Waals surface area (Å²) >= 11 is 0. The van der Waals surface area contributed by atoms with E-state index in [1.807, 2.05) is 7.05 Å². The van der Waals surface area contributed by atoms with Gasteiger partial charge in [-0.25, -0.2) is 0 Å². The Morgan fingerprint density at radius 2 is 1.90 bits per heavy atom. The number of halogens is 3. The van der Waals surface area contributed by atoms with Crippen LogP contribution in [-0.4, -0.2) is 36.5 Å². The number of ether oxygens (including phenoxy) is 1. The molecule has 0 atom stereocenters. The number of hydrogen-bond donors (Lipinski definition) is 2. The zero-order chi connectivity index (χ0) is 15.0. The molecule has 1 aromatic rings. The van der Waals surface area contributed by atoms with Crippen LogP contribution in [-0.2, 0) is 5.60 Å². The van der Waals surface area contributed by atoms with E-state index in [1.165, 1.54) is 12.1 Å². The number of nitrogen functional groups attached to an aromatic ring is 1. The number of nitrogens with two attached hydrogens (primary N) is 1. The molecule has 1 aliphatic rings. The van der Waals surface area contributed by atoms with Crippen molar-refractivity contribution in [2.45, 2.75) is 24.8 Å². The standard InChI is InChI=1S/C13H17F3N2O2/c1-18-6-4-12(19,5-7-18)9-2-3-11(10(17)8-9)20-13(14,15)16/h2-3,8,19H,4-7,17H2,1H3. The molecule has 0 unspecified atom stereocenters. The largest absolute Gasteiger partial charge is 0.573 e. The maximum Gasteiger partial charge on any atom is 0.573 e. The summed E-state index contributed by atoms with van der Waals surface area (Å²) in [6.07, 6.45) is -3.75. The molecule has 20 heavy (non-hydrogen) atoms. The fourth-order valence-electron chi connectivity index (χ4n) is 2.33. The van der Waals surface area contributed by atoms with Crippen LogP contribution in [0.15, 0.2) is 18.2 Å². The van der Waals surface area contributed by atoms with Crippen molar-refractivity contribution in [3.63, 3.8) is 0 Å². The molecule has 0 radical (unpaired) electrons. The lowest BCUT2D eigenvalue weighted by Gasteiger charge is -2.37. The molecule has 0 aromatic heterocycles. The first-order chi connectivity index (χ1) is 9.20. The molecule has 0 bridgehead atoms. The third-order valence-corrected chi connectivity index (χ3v) is 3.59. The molecule has 2 rings (SSSR count). The zero-order valence-electron chi connectivity index (χ0n) is 11.1. The third kappa shape index (κ3) is 3.34. The summed E-state index contributed by atoms with van der Waals surface area (Å²) in [4.78, 5) is 2.08.